The first-order valence-corrected chi connectivity index (χ1v) is 8.14. The summed E-state index contributed by atoms with van der Waals surface area (Å²) in [5.41, 5.74) is 6.28. The van der Waals surface area contributed by atoms with Crippen LogP contribution in [0.2, 0.25) is 0 Å². The zero-order valence-electron chi connectivity index (χ0n) is 13.6. The number of halogens is 3. The molecule has 0 amide bonds. The van der Waals surface area contributed by atoms with Crippen molar-refractivity contribution in [1.29, 1.82) is 0 Å². The van der Waals surface area contributed by atoms with E-state index in [2.05, 4.69) is 15.0 Å². The number of nitrogens with zero attached hydrogens (tertiary/aromatic N) is 1. The molecule has 0 radical (unpaired) electrons. The number of ether oxygens (including phenoxy) is 2. The topological polar surface area (TPSA) is 68.9 Å². The summed E-state index contributed by atoms with van der Waals surface area (Å²) in [6.45, 7) is -2.15. The largest absolute Gasteiger partial charge is 0.497 e. The summed E-state index contributed by atoms with van der Waals surface area (Å²) in [7, 11) is 1.50. The Bertz CT molecular complexity index is 669. The highest BCUT2D eigenvalue weighted by atomic mass is 127. The van der Waals surface area contributed by atoms with Gasteiger partial charge in [-0.15, -0.1) is 35.3 Å². The monoisotopic (exact) mass is 483 g/mol. The standard InChI is InChI=1S/C16H19F2N3O2S.HI/c1-22-12-4-5-14(23-15(17)18)11(9-12)10-21-16(19)20-7-6-13-3-2-8-24-13;/h2-5,8-9,15H,6-7,10H2,1H3,(H3,19,20,21);1H. The summed E-state index contributed by atoms with van der Waals surface area (Å²) in [4.78, 5) is 5.41. The fraction of sp³-hybridized carbons (Fsp3) is 0.312. The highest BCUT2D eigenvalue weighted by molar-refractivity contribution is 14.0. The molecule has 0 spiro atoms. The smallest absolute Gasteiger partial charge is 0.387 e. The summed E-state index contributed by atoms with van der Waals surface area (Å²) in [6.07, 6.45) is 0.840. The number of thiophene rings is 1. The predicted molar refractivity (Wildman–Crippen MR) is 106 cm³/mol. The third-order valence-electron chi connectivity index (χ3n) is 3.16. The number of hydrogen-bond acceptors (Lipinski definition) is 4. The molecular formula is C16H20F2IN3O2S. The molecule has 0 atom stereocenters. The lowest BCUT2D eigenvalue weighted by Crippen LogP contribution is -2.33. The van der Waals surface area contributed by atoms with Crippen LogP contribution in [0.3, 0.4) is 0 Å². The predicted octanol–water partition coefficient (Wildman–Crippen LogP) is 3.62. The third-order valence-corrected chi connectivity index (χ3v) is 4.10. The minimum absolute atomic E-state index is 0. The van der Waals surface area contributed by atoms with E-state index in [1.54, 1.807) is 23.5 Å². The van der Waals surface area contributed by atoms with E-state index >= 15 is 0 Å². The van der Waals surface area contributed by atoms with Gasteiger partial charge >= 0.3 is 6.61 Å². The Morgan fingerprint density at radius 1 is 1.36 bits per heavy atom. The summed E-state index contributed by atoms with van der Waals surface area (Å²) < 4.78 is 34.5. The fourth-order valence-electron chi connectivity index (χ4n) is 2.01. The molecule has 3 N–H and O–H groups in total. The van der Waals surface area contributed by atoms with Crippen LogP contribution in [0.15, 0.2) is 40.7 Å². The fourth-order valence-corrected chi connectivity index (χ4v) is 2.72. The van der Waals surface area contributed by atoms with Crippen LogP contribution in [-0.2, 0) is 13.0 Å². The SMILES string of the molecule is COc1ccc(OC(F)F)c(CN=C(N)NCCc2cccs2)c1.I. The first kappa shape index (κ1) is 21.4. The van der Waals surface area contributed by atoms with Crippen LogP contribution in [0.5, 0.6) is 11.5 Å². The van der Waals surface area contributed by atoms with Crippen LogP contribution in [0.4, 0.5) is 8.78 Å². The maximum absolute atomic E-state index is 12.5. The number of rotatable bonds is 8. The molecule has 2 rings (SSSR count). The minimum Gasteiger partial charge on any atom is -0.497 e. The van der Waals surface area contributed by atoms with Gasteiger partial charge in [-0.3, -0.25) is 0 Å². The highest BCUT2D eigenvalue weighted by Crippen LogP contribution is 2.26. The molecule has 0 saturated heterocycles. The van der Waals surface area contributed by atoms with E-state index in [-0.39, 0.29) is 42.2 Å². The molecule has 0 bridgehead atoms. The number of nitrogens with one attached hydrogen (secondary N) is 1. The van der Waals surface area contributed by atoms with Crippen molar-refractivity contribution in [3.05, 3.63) is 46.2 Å². The lowest BCUT2D eigenvalue weighted by atomic mass is 10.2. The van der Waals surface area contributed by atoms with Gasteiger partial charge in [-0.25, -0.2) is 4.99 Å². The maximum Gasteiger partial charge on any atom is 0.387 e. The Morgan fingerprint density at radius 3 is 2.80 bits per heavy atom. The van der Waals surface area contributed by atoms with Gasteiger partial charge in [0, 0.05) is 17.0 Å². The Hall–Kier alpha value is -1.62. The molecule has 0 aliphatic rings. The molecule has 1 aromatic carbocycles. The average molecular weight is 483 g/mol. The molecule has 0 aliphatic heterocycles. The molecule has 25 heavy (non-hydrogen) atoms. The third kappa shape index (κ3) is 7.43. The van der Waals surface area contributed by atoms with E-state index in [1.807, 2.05) is 17.5 Å². The number of nitrogens with two attached hydrogens (primary N) is 1. The number of benzene rings is 1. The van der Waals surface area contributed by atoms with Crippen LogP contribution in [-0.4, -0.2) is 26.2 Å². The highest BCUT2D eigenvalue weighted by Gasteiger charge is 2.11. The zero-order chi connectivity index (χ0) is 17.4. The van der Waals surface area contributed by atoms with Crippen LogP contribution >= 0.6 is 35.3 Å². The Kier molecular flexibility index (Phi) is 9.50. The molecule has 5 nitrogen and oxygen atoms in total. The maximum atomic E-state index is 12.5. The van der Waals surface area contributed by atoms with Gasteiger partial charge in [0.2, 0.25) is 0 Å². The van der Waals surface area contributed by atoms with E-state index in [0.717, 1.165) is 6.42 Å². The van der Waals surface area contributed by atoms with Crippen LogP contribution < -0.4 is 20.5 Å². The molecule has 9 heteroatoms. The van der Waals surface area contributed by atoms with E-state index in [0.29, 0.717) is 17.9 Å². The van der Waals surface area contributed by atoms with Crippen molar-refractivity contribution in [2.45, 2.75) is 19.6 Å². The van der Waals surface area contributed by atoms with E-state index in [1.165, 1.54) is 18.1 Å². The normalized spacial score (nSPS) is 11.1. The van der Waals surface area contributed by atoms with Gasteiger partial charge in [-0.1, -0.05) is 6.07 Å². The zero-order valence-corrected chi connectivity index (χ0v) is 16.7. The second-order valence-electron chi connectivity index (χ2n) is 4.81. The number of guanidine groups is 1. The second-order valence-corrected chi connectivity index (χ2v) is 5.84. The van der Waals surface area contributed by atoms with Crippen molar-refractivity contribution >= 4 is 41.3 Å². The Morgan fingerprint density at radius 2 is 2.16 bits per heavy atom. The molecular weight excluding hydrogens is 463 g/mol. The van der Waals surface area contributed by atoms with Gasteiger partial charge < -0.3 is 20.5 Å². The van der Waals surface area contributed by atoms with Crippen molar-refractivity contribution < 1.29 is 18.3 Å². The van der Waals surface area contributed by atoms with Crippen LogP contribution in [0, 0.1) is 0 Å². The molecule has 0 unspecified atom stereocenters. The first-order chi connectivity index (χ1) is 11.6. The van der Waals surface area contributed by atoms with Crippen molar-refractivity contribution in [1.82, 2.24) is 5.32 Å². The molecule has 2 aromatic rings. The van der Waals surface area contributed by atoms with E-state index < -0.39 is 6.61 Å². The van der Waals surface area contributed by atoms with Gasteiger partial charge in [0.05, 0.1) is 13.7 Å². The summed E-state index contributed by atoms with van der Waals surface area (Å²) >= 11 is 1.67. The Balaban J connectivity index is 0.00000312. The molecule has 138 valence electrons. The van der Waals surface area contributed by atoms with Gasteiger partial charge in [0.15, 0.2) is 5.96 Å². The molecule has 1 aromatic heterocycles. The van der Waals surface area contributed by atoms with E-state index in [4.69, 9.17) is 10.5 Å². The number of methoxy groups -OCH3 is 1. The minimum atomic E-state index is -2.90. The summed E-state index contributed by atoms with van der Waals surface area (Å²) in [6, 6.07) is 8.61. The van der Waals surface area contributed by atoms with Crippen molar-refractivity contribution in [3.8, 4) is 11.5 Å². The second kappa shape index (κ2) is 11.1. The van der Waals surface area contributed by atoms with Gasteiger partial charge in [-0.05, 0) is 36.1 Å². The average Bonchev–Trinajstić information content (AvgIpc) is 3.07. The quantitative estimate of drug-likeness (QED) is 0.342. The lowest BCUT2D eigenvalue weighted by Gasteiger charge is -2.11. The van der Waals surface area contributed by atoms with Gasteiger partial charge in [-0.2, -0.15) is 8.78 Å². The number of aliphatic imine (C=N–C) groups is 1. The van der Waals surface area contributed by atoms with Crippen molar-refractivity contribution in [2.75, 3.05) is 13.7 Å². The lowest BCUT2D eigenvalue weighted by molar-refractivity contribution is -0.0504. The summed E-state index contributed by atoms with van der Waals surface area (Å²) in [5, 5.41) is 5.01. The molecule has 0 fully saturated rings. The van der Waals surface area contributed by atoms with Gasteiger partial charge in [0.1, 0.15) is 11.5 Å². The molecule has 1 heterocycles. The first-order valence-electron chi connectivity index (χ1n) is 7.26. The van der Waals surface area contributed by atoms with Crippen molar-refractivity contribution in [3.63, 3.8) is 0 Å². The Labute approximate surface area is 166 Å². The van der Waals surface area contributed by atoms with Crippen molar-refractivity contribution in [2.24, 2.45) is 10.7 Å². The molecule has 0 saturated carbocycles. The molecule has 0 aliphatic carbocycles. The number of hydrogen-bond donors (Lipinski definition) is 2. The number of alkyl halides is 2. The van der Waals surface area contributed by atoms with Crippen LogP contribution in [0.25, 0.3) is 0 Å². The van der Waals surface area contributed by atoms with Crippen LogP contribution in [0.1, 0.15) is 10.4 Å². The summed E-state index contributed by atoms with van der Waals surface area (Å²) in [5.74, 6) is 0.837. The van der Waals surface area contributed by atoms with Gasteiger partial charge in [0.25, 0.3) is 0 Å². The van der Waals surface area contributed by atoms with E-state index in [9.17, 15) is 8.78 Å².